The van der Waals surface area contributed by atoms with Crippen LogP contribution in [-0.4, -0.2) is 33.2 Å². The molecule has 1 aliphatic heterocycles. The van der Waals surface area contributed by atoms with E-state index in [-0.39, 0.29) is 23.7 Å². The summed E-state index contributed by atoms with van der Waals surface area (Å²) in [7, 11) is 0. The Bertz CT molecular complexity index is 455. The van der Waals surface area contributed by atoms with Crippen LogP contribution >= 0.6 is 0 Å². The molecule has 2 heterocycles. The third kappa shape index (κ3) is 2.69. The van der Waals surface area contributed by atoms with Crippen LogP contribution in [0.4, 0.5) is 10.6 Å². The Balaban J connectivity index is 2.06. The second kappa shape index (κ2) is 5.20. The highest BCUT2D eigenvalue weighted by atomic mass is 16.2. The van der Waals surface area contributed by atoms with E-state index in [2.05, 4.69) is 29.4 Å². The number of piperidine rings is 1. The van der Waals surface area contributed by atoms with Crippen LogP contribution in [0.5, 0.6) is 0 Å². The van der Waals surface area contributed by atoms with Gasteiger partial charge in [-0.15, -0.1) is 0 Å². The lowest BCUT2D eigenvalue weighted by molar-refractivity contribution is 0.133. The van der Waals surface area contributed by atoms with E-state index in [1.54, 1.807) is 0 Å². The summed E-state index contributed by atoms with van der Waals surface area (Å²) in [6.07, 6.45) is 3.21. The first-order chi connectivity index (χ1) is 8.58. The lowest BCUT2D eigenvalue weighted by Crippen LogP contribution is -2.49. The van der Waals surface area contributed by atoms with Crippen molar-refractivity contribution in [3.63, 3.8) is 0 Å². The molecule has 0 saturated carbocycles. The molecule has 0 bridgehead atoms. The minimum Gasteiger partial charge on any atom is -0.319 e. The highest BCUT2D eigenvalue weighted by Crippen LogP contribution is 2.23. The minimum absolute atomic E-state index is 0.158. The molecule has 0 aromatic carbocycles. The number of aromatic nitrogens is 2. The Morgan fingerprint density at radius 1 is 1.39 bits per heavy atom. The molecule has 0 aliphatic carbocycles. The number of likely N-dealkylation sites (tertiary alicyclic amines) is 1. The molecule has 2 amide bonds. The van der Waals surface area contributed by atoms with Crippen LogP contribution in [0.15, 0.2) is 16.9 Å². The Labute approximate surface area is 105 Å². The number of rotatable bonds is 1. The first kappa shape index (κ1) is 12.6. The van der Waals surface area contributed by atoms with Gasteiger partial charge in [0.15, 0.2) is 5.82 Å². The second-order valence-electron chi connectivity index (χ2n) is 4.77. The first-order valence-electron chi connectivity index (χ1n) is 6.23. The van der Waals surface area contributed by atoms with Crippen molar-refractivity contribution in [3.8, 4) is 0 Å². The minimum atomic E-state index is -0.285. The number of aromatic amines is 1. The van der Waals surface area contributed by atoms with Crippen LogP contribution < -0.4 is 10.9 Å². The summed E-state index contributed by atoms with van der Waals surface area (Å²) in [6.45, 7) is 4.10. The standard InChI is InChI=1S/C12H18N4O2/c1-8-4-3-5-9(2)16(8)12(18)13-10-6-7-11(17)15-14-10/h6-9H,3-5H2,1-2H3,(H,15,17)(H,13,14,18). The number of anilines is 1. The molecule has 1 fully saturated rings. The van der Waals surface area contributed by atoms with Crippen LogP contribution in [0, 0.1) is 0 Å². The van der Waals surface area contributed by atoms with E-state index in [0.717, 1.165) is 19.3 Å². The fraction of sp³-hybridized carbons (Fsp3) is 0.583. The fourth-order valence-electron chi connectivity index (χ4n) is 2.41. The molecule has 6 heteroatoms. The monoisotopic (exact) mass is 250 g/mol. The maximum absolute atomic E-state index is 12.2. The highest BCUT2D eigenvalue weighted by Gasteiger charge is 2.29. The van der Waals surface area contributed by atoms with Crippen molar-refractivity contribution in [2.24, 2.45) is 0 Å². The van der Waals surface area contributed by atoms with Gasteiger partial charge in [0.05, 0.1) is 0 Å². The van der Waals surface area contributed by atoms with Crippen LogP contribution in [0.1, 0.15) is 33.1 Å². The largest absolute Gasteiger partial charge is 0.323 e. The molecular weight excluding hydrogens is 232 g/mol. The number of carbonyl (C=O) groups excluding carboxylic acids is 1. The summed E-state index contributed by atoms with van der Waals surface area (Å²) in [5.41, 5.74) is -0.285. The SMILES string of the molecule is CC1CCCC(C)N1C(=O)Nc1ccc(=O)[nH]n1. The van der Waals surface area contributed by atoms with E-state index >= 15 is 0 Å². The maximum atomic E-state index is 12.2. The van der Waals surface area contributed by atoms with Crippen molar-refractivity contribution >= 4 is 11.8 Å². The summed E-state index contributed by atoms with van der Waals surface area (Å²) in [5, 5.41) is 8.76. The van der Waals surface area contributed by atoms with Crippen LogP contribution in [0.3, 0.4) is 0 Å². The average Bonchev–Trinajstić information content (AvgIpc) is 2.32. The van der Waals surface area contributed by atoms with Crippen molar-refractivity contribution in [2.75, 3.05) is 5.32 Å². The molecule has 0 radical (unpaired) electrons. The van der Waals surface area contributed by atoms with Gasteiger partial charge in [0.25, 0.3) is 5.56 Å². The molecule has 2 rings (SSSR count). The van der Waals surface area contributed by atoms with Crippen LogP contribution in [0.25, 0.3) is 0 Å². The molecule has 6 nitrogen and oxygen atoms in total. The van der Waals surface area contributed by atoms with Gasteiger partial charge in [-0.25, -0.2) is 9.89 Å². The lowest BCUT2D eigenvalue weighted by atomic mass is 9.98. The molecule has 1 saturated heterocycles. The van der Waals surface area contributed by atoms with E-state index < -0.39 is 0 Å². The van der Waals surface area contributed by atoms with Gasteiger partial charge in [0.1, 0.15) is 0 Å². The molecule has 1 aromatic heterocycles. The van der Waals surface area contributed by atoms with Gasteiger partial charge >= 0.3 is 6.03 Å². The molecule has 0 spiro atoms. The number of hydrogen-bond acceptors (Lipinski definition) is 3. The zero-order valence-electron chi connectivity index (χ0n) is 10.6. The summed E-state index contributed by atoms with van der Waals surface area (Å²) in [4.78, 5) is 24.9. The van der Waals surface area contributed by atoms with Gasteiger partial charge in [-0.05, 0) is 39.2 Å². The van der Waals surface area contributed by atoms with Crippen molar-refractivity contribution in [3.05, 3.63) is 22.5 Å². The zero-order valence-corrected chi connectivity index (χ0v) is 10.6. The molecule has 1 aliphatic rings. The van der Waals surface area contributed by atoms with Gasteiger partial charge in [-0.2, -0.15) is 5.10 Å². The van der Waals surface area contributed by atoms with E-state index in [4.69, 9.17) is 0 Å². The van der Waals surface area contributed by atoms with E-state index in [0.29, 0.717) is 5.82 Å². The molecule has 98 valence electrons. The molecule has 2 unspecified atom stereocenters. The number of nitrogens with zero attached hydrogens (tertiary/aromatic N) is 2. The molecule has 18 heavy (non-hydrogen) atoms. The summed E-state index contributed by atoms with van der Waals surface area (Å²) < 4.78 is 0. The molecular formula is C12H18N4O2. The van der Waals surface area contributed by atoms with E-state index in [1.807, 2.05) is 4.90 Å². The summed E-state index contributed by atoms with van der Waals surface area (Å²) in [6, 6.07) is 3.14. The second-order valence-corrected chi connectivity index (χ2v) is 4.77. The topological polar surface area (TPSA) is 78.1 Å². The number of urea groups is 1. The van der Waals surface area contributed by atoms with Crippen molar-refractivity contribution in [1.82, 2.24) is 15.1 Å². The predicted octanol–water partition coefficient (Wildman–Crippen LogP) is 1.56. The summed E-state index contributed by atoms with van der Waals surface area (Å²) in [5.74, 6) is 0.365. The number of H-pyrrole nitrogens is 1. The van der Waals surface area contributed by atoms with Crippen molar-refractivity contribution < 1.29 is 4.79 Å². The van der Waals surface area contributed by atoms with Crippen molar-refractivity contribution in [2.45, 2.75) is 45.2 Å². The number of carbonyl (C=O) groups is 1. The first-order valence-corrected chi connectivity index (χ1v) is 6.23. The maximum Gasteiger partial charge on any atom is 0.323 e. The Morgan fingerprint density at radius 2 is 2.06 bits per heavy atom. The number of nitrogens with one attached hydrogen (secondary N) is 2. The smallest absolute Gasteiger partial charge is 0.319 e. The lowest BCUT2D eigenvalue weighted by Gasteiger charge is -2.38. The normalized spacial score (nSPS) is 23.8. The van der Waals surface area contributed by atoms with Crippen LogP contribution in [-0.2, 0) is 0 Å². The highest BCUT2D eigenvalue weighted by molar-refractivity contribution is 5.88. The van der Waals surface area contributed by atoms with Gasteiger partial charge in [0, 0.05) is 18.2 Å². The van der Waals surface area contributed by atoms with E-state index in [1.165, 1.54) is 12.1 Å². The molecule has 2 N–H and O–H groups in total. The quantitative estimate of drug-likeness (QED) is 0.794. The van der Waals surface area contributed by atoms with Crippen LogP contribution in [0.2, 0.25) is 0 Å². The van der Waals surface area contributed by atoms with E-state index in [9.17, 15) is 9.59 Å². The predicted molar refractivity (Wildman–Crippen MR) is 68.5 cm³/mol. The van der Waals surface area contributed by atoms with Gasteiger partial charge in [-0.3, -0.25) is 10.1 Å². The van der Waals surface area contributed by atoms with Gasteiger partial charge in [0.2, 0.25) is 0 Å². The average molecular weight is 250 g/mol. The number of amides is 2. The van der Waals surface area contributed by atoms with Gasteiger partial charge < -0.3 is 4.90 Å². The van der Waals surface area contributed by atoms with Gasteiger partial charge in [-0.1, -0.05) is 0 Å². The zero-order chi connectivity index (χ0) is 13.1. The Hall–Kier alpha value is -1.85. The Morgan fingerprint density at radius 3 is 2.61 bits per heavy atom. The third-order valence-corrected chi connectivity index (χ3v) is 3.34. The summed E-state index contributed by atoms with van der Waals surface area (Å²) >= 11 is 0. The molecule has 2 atom stereocenters. The van der Waals surface area contributed by atoms with Crippen molar-refractivity contribution in [1.29, 1.82) is 0 Å². The fourth-order valence-corrected chi connectivity index (χ4v) is 2.41. The third-order valence-electron chi connectivity index (χ3n) is 3.34. The Kier molecular flexibility index (Phi) is 3.64. The number of hydrogen-bond donors (Lipinski definition) is 2. The molecule has 1 aromatic rings.